The van der Waals surface area contributed by atoms with Crippen LogP contribution in [0, 0.1) is 6.92 Å². The molecular weight excluding hydrogens is 695 g/mol. The summed E-state index contributed by atoms with van der Waals surface area (Å²) in [6, 6.07) is 14.5. The molecule has 0 radical (unpaired) electrons. The van der Waals surface area contributed by atoms with Crippen molar-refractivity contribution >= 4 is 75.8 Å². The van der Waals surface area contributed by atoms with Crippen molar-refractivity contribution in [3.63, 3.8) is 0 Å². The fourth-order valence-electron chi connectivity index (χ4n) is 4.49. The van der Waals surface area contributed by atoms with Gasteiger partial charge in [-0.05, 0) is 60.3 Å². The topological polar surface area (TPSA) is 282 Å². The van der Waals surface area contributed by atoms with Crippen LogP contribution in [0.4, 0.5) is 34.6 Å². The Morgan fingerprint density at radius 2 is 1.48 bits per heavy atom. The minimum Gasteiger partial charge on any atom is -0.505 e. The summed E-state index contributed by atoms with van der Waals surface area (Å²) < 4.78 is 102. The molecule has 48 heavy (non-hydrogen) atoms. The van der Waals surface area contributed by atoms with Crippen molar-refractivity contribution in [2.75, 3.05) is 17.3 Å². The summed E-state index contributed by atoms with van der Waals surface area (Å²) >= 11 is 0. The molecule has 5 aromatic rings. The summed E-state index contributed by atoms with van der Waals surface area (Å²) in [6.45, 7) is 1.52. The molecule has 0 amide bonds. The summed E-state index contributed by atoms with van der Waals surface area (Å²) in [7, 11) is -13.5. The van der Waals surface area contributed by atoms with Gasteiger partial charge in [-0.3, -0.25) is 18.6 Å². The molecule has 0 aliphatic heterocycles. The molecule has 0 saturated carbocycles. The number of nitrogens with zero attached hydrogens (tertiary/aromatic N) is 5. The largest absolute Gasteiger partial charge is 0.505 e. The standard InChI is InChI=1S/C27H23N7O11S3/c1-14-8-9-18(20(10-14)47(40,41)42)32-33-23-21(48(43,44)45)12-15-11-17(46(37,38)39)13-19(22(15)24(23)35)28-25-29-26(31-27(36)30-25)34(2)16-6-4-3-5-7-16/h3-13,35H,1-2H3,(H,37,38,39)(H,40,41,42)(H,43,44,45)(H2,28,29,30,31,36). The van der Waals surface area contributed by atoms with Gasteiger partial charge in [0.05, 0.1) is 10.6 Å². The number of H-pyrrole nitrogens is 1. The number of phenols is 1. The highest BCUT2D eigenvalue weighted by atomic mass is 32.2. The number of aromatic amines is 1. The highest BCUT2D eigenvalue weighted by Gasteiger charge is 2.26. The predicted octanol–water partition coefficient (Wildman–Crippen LogP) is 4.00. The van der Waals surface area contributed by atoms with Crippen molar-refractivity contribution in [2.24, 2.45) is 10.2 Å². The first kappa shape index (κ1) is 34.0. The molecule has 0 atom stereocenters. The maximum Gasteiger partial charge on any atom is 0.351 e. The van der Waals surface area contributed by atoms with Crippen LogP contribution in [-0.2, 0) is 30.4 Å². The number of aromatic nitrogens is 3. The highest BCUT2D eigenvalue weighted by molar-refractivity contribution is 7.86. The van der Waals surface area contributed by atoms with Gasteiger partial charge in [0.15, 0.2) is 5.75 Å². The molecule has 1 heterocycles. The van der Waals surface area contributed by atoms with Crippen molar-refractivity contribution in [1.82, 2.24) is 15.0 Å². The average molecular weight is 718 g/mol. The molecule has 0 spiro atoms. The lowest BCUT2D eigenvalue weighted by molar-refractivity contribution is 0.472. The molecule has 18 nitrogen and oxygen atoms in total. The number of hydrogen-bond donors (Lipinski definition) is 6. The van der Waals surface area contributed by atoms with E-state index in [0.29, 0.717) is 17.3 Å². The van der Waals surface area contributed by atoms with Gasteiger partial charge in [0.2, 0.25) is 11.9 Å². The van der Waals surface area contributed by atoms with Gasteiger partial charge in [-0.2, -0.15) is 35.2 Å². The summed E-state index contributed by atoms with van der Waals surface area (Å²) in [5, 5.41) is 20.6. The molecule has 4 aromatic carbocycles. The van der Waals surface area contributed by atoms with Crippen LogP contribution >= 0.6 is 0 Å². The third kappa shape index (κ3) is 7.15. The van der Waals surface area contributed by atoms with Gasteiger partial charge < -0.3 is 15.3 Å². The zero-order valence-corrected chi connectivity index (χ0v) is 26.9. The Morgan fingerprint density at radius 1 is 0.812 bits per heavy atom. The van der Waals surface area contributed by atoms with Gasteiger partial charge >= 0.3 is 5.69 Å². The molecule has 0 unspecified atom stereocenters. The highest BCUT2D eigenvalue weighted by Crippen LogP contribution is 2.46. The number of nitrogens with one attached hydrogen (secondary N) is 2. The first-order chi connectivity index (χ1) is 22.3. The second-order valence-electron chi connectivity index (χ2n) is 10.1. The summed E-state index contributed by atoms with van der Waals surface area (Å²) in [6.07, 6.45) is 0. The molecule has 1 aromatic heterocycles. The van der Waals surface area contributed by atoms with Crippen LogP contribution in [0.5, 0.6) is 5.75 Å². The van der Waals surface area contributed by atoms with Crippen LogP contribution < -0.4 is 15.9 Å². The van der Waals surface area contributed by atoms with E-state index in [0.717, 1.165) is 24.3 Å². The van der Waals surface area contributed by atoms with E-state index < -0.39 is 67.9 Å². The Morgan fingerprint density at radius 3 is 2.10 bits per heavy atom. The number of phenolic OH excluding ortho intramolecular Hbond substituents is 1. The smallest absolute Gasteiger partial charge is 0.351 e. The number of rotatable bonds is 9. The number of para-hydroxylation sites is 1. The quantitative estimate of drug-likeness (QED) is 0.0928. The van der Waals surface area contributed by atoms with Gasteiger partial charge in [-0.25, -0.2) is 4.79 Å². The molecule has 6 N–H and O–H groups in total. The van der Waals surface area contributed by atoms with E-state index in [2.05, 4.69) is 30.5 Å². The molecule has 21 heteroatoms. The van der Waals surface area contributed by atoms with E-state index in [9.17, 15) is 48.8 Å². The van der Waals surface area contributed by atoms with Gasteiger partial charge in [0.25, 0.3) is 30.4 Å². The molecule has 0 bridgehead atoms. The van der Waals surface area contributed by atoms with E-state index in [4.69, 9.17) is 0 Å². The number of aromatic hydroxyl groups is 1. The average Bonchev–Trinajstić information content (AvgIpc) is 2.99. The molecule has 0 fully saturated rings. The molecule has 5 rings (SSSR count). The Kier molecular flexibility index (Phi) is 8.77. The van der Waals surface area contributed by atoms with Gasteiger partial charge in [0, 0.05) is 18.1 Å². The van der Waals surface area contributed by atoms with E-state index in [1.807, 2.05) is 0 Å². The summed E-state index contributed by atoms with van der Waals surface area (Å²) in [5.74, 6) is -1.50. The number of aryl methyl sites for hydroxylation is 1. The molecule has 0 aliphatic rings. The van der Waals surface area contributed by atoms with E-state index >= 15 is 0 Å². The zero-order valence-electron chi connectivity index (χ0n) is 24.5. The SMILES string of the molecule is Cc1ccc(N=Nc2c(S(=O)(=O)O)cc3cc(S(=O)(=O)O)cc(Nc4nc(N(C)c5ccccc5)nc(=O)[nH]4)c3c2O)c(S(=O)(=O)O)c1. The monoisotopic (exact) mass is 717 g/mol. The van der Waals surface area contributed by atoms with Crippen molar-refractivity contribution in [3.05, 3.63) is 82.8 Å². The number of hydrogen-bond acceptors (Lipinski definition) is 14. The zero-order chi connectivity index (χ0) is 35.2. The lowest BCUT2D eigenvalue weighted by atomic mass is 10.1. The number of anilines is 4. The van der Waals surface area contributed by atoms with Crippen molar-refractivity contribution in [1.29, 1.82) is 0 Å². The maximum absolute atomic E-state index is 12.5. The van der Waals surface area contributed by atoms with Gasteiger partial charge in [-0.15, -0.1) is 10.2 Å². The van der Waals surface area contributed by atoms with E-state index in [1.165, 1.54) is 17.9 Å². The lowest BCUT2D eigenvalue weighted by Crippen LogP contribution is -2.21. The Balaban J connectivity index is 1.75. The van der Waals surface area contributed by atoms with Crippen LogP contribution in [0.2, 0.25) is 0 Å². The van der Waals surface area contributed by atoms with E-state index in [1.54, 1.807) is 37.4 Å². The molecular formula is C27H23N7O11S3. The fraction of sp³-hybridized carbons (Fsp3) is 0.0741. The normalized spacial score (nSPS) is 12.4. The summed E-state index contributed by atoms with van der Waals surface area (Å²) in [4.78, 5) is 21.7. The number of azo groups is 1. The fourth-order valence-corrected chi connectivity index (χ4v) is 6.40. The predicted molar refractivity (Wildman–Crippen MR) is 171 cm³/mol. The van der Waals surface area contributed by atoms with Crippen LogP contribution in [0.3, 0.4) is 0 Å². The minimum atomic E-state index is -5.25. The third-order valence-electron chi connectivity index (χ3n) is 6.69. The van der Waals surface area contributed by atoms with Crippen LogP contribution in [0.25, 0.3) is 10.8 Å². The molecule has 250 valence electrons. The second kappa shape index (κ2) is 12.4. The lowest BCUT2D eigenvalue weighted by Gasteiger charge is -2.18. The number of benzene rings is 4. The van der Waals surface area contributed by atoms with Crippen molar-refractivity contribution in [2.45, 2.75) is 21.6 Å². The second-order valence-corrected chi connectivity index (χ2v) is 14.3. The van der Waals surface area contributed by atoms with E-state index in [-0.39, 0.29) is 28.4 Å². The van der Waals surface area contributed by atoms with Crippen molar-refractivity contribution < 1.29 is 44.0 Å². The maximum atomic E-state index is 12.5. The Labute approximate surface area is 271 Å². The van der Waals surface area contributed by atoms with Crippen LogP contribution in [0.15, 0.2) is 96.4 Å². The van der Waals surface area contributed by atoms with Gasteiger partial charge in [-0.1, -0.05) is 24.3 Å². The van der Waals surface area contributed by atoms with Crippen molar-refractivity contribution in [3.8, 4) is 5.75 Å². The first-order valence-corrected chi connectivity index (χ1v) is 17.5. The Bertz CT molecular complexity index is 2520. The minimum absolute atomic E-state index is 0.122. The Hall–Kier alpha value is -5.32. The summed E-state index contributed by atoms with van der Waals surface area (Å²) in [5.41, 5.74) is -1.70. The van der Waals surface area contributed by atoms with Crippen LogP contribution in [-0.4, -0.2) is 66.0 Å². The first-order valence-electron chi connectivity index (χ1n) is 13.2. The molecule has 0 saturated heterocycles. The van der Waals surface area contributed by atoms with Crippen LogP contribution in [0.1, 0.15) is 5.56 Å². The molecule has 0 aliphatic carbocycles. The number of fused-ring (bicyclic) bond motifs is 1. The van der Waals surface area contributed by atoms with Gasteiger partial charge in [0.1, 0.15) is 21.2 Å². The third-order valence-corrected chi connectivity index (χ3v) is 9.27.